The van der Waals surface area contributed by atoms with Crippen LogP contribution < -0.4 is 5.32 Å². The molecule has 1 amide bonds. The van der Waals surface area contributed by atoms with E-state index in [2.05, 4.69) is 9.50 Å². The topological polar surface area (TPSA) is 81.7 Å². The van der Waals surface area contributed by atoms with Crippen molar-refractivity contribution >= 4 is 16.2 Å². The average Bonchev–Trinajstić information content (AvgIpc) is 2.42. The Kier molecular flexibility index (Phi) is 7.06. The largest absolute Gasteiger partial charge is 0.444 e. The van der Waals surface area contributed by atoms with Gasteiger partial charge in [-0.15, -0.1) is 0 Å². The molecule has 26 heavy (non-hydrogen) atoms. The zero-order chi connectivity index (χ0) is 20.2. The predicted octanol–water partition coefficient (Wildman–Crippen LogP) is 3.64. The van der Waals surface area contributed by atoms with Crippen molar-refractivity contribution in [1.29, 1.82) is 0 Å². The van der Waals surface area contributed by atoms with Crippen LogP contribution in [0.15, 0.2) is 24.3 Å². The number of benzene rings is 1. The summed E-state index contributed by atoms with van der Waals surface area (Å²) in [6.45, 7) is 4.60. The number of alkyl halides is 3. The summed E-state index contributed by atoms with van der Waals surface area (Å²) in [5.41, 5.74) is -1.52. The van der Waals surface area contributed by atoms with Gasteiger partial charge in [-0.2, -0.15) is 21.6 Å². The summed E-state index contributed by atoms with van der Waals surface area (Å²) in [6, 6.07) is 3.48. The van der Waals surface area contributed by atoms with Gasteiger partial charge in [-0.05, 0) is 44.9 Å². The molecule has 1 aromatic rings. The minimum atomic E-state index is -4.55. The molecule has 0 aromatic heterocycles. The van der Waals surface area contributed by atoms with Crippen LogP contribution in [0.3, 0.4) is 0 Å². The second kappa shape index (κ2) is 8.26. The van der Waals surface area contributed by atoms with Gasteiger partial charge in [-0.3, -0.25) is 4.18 Å². The van der Waals surface area contributed by atoms with E-state index in [1.54, 1.807) is 20.8 Å². The third-order valence-corrected chi connectivity index (χ3v) is 3.61. The first-order chi connectivity index (χ1) is 11.7. The summed E-state index contributed by atoms with van der Waals surface area (Å²) in [6.07, 6.45) is -4.59. The van der Waals surface area contributed by atoms with Crippen LogP contribution >= 0.6 is 0 Å². The number of hydrogen-bond acceptors (Lipinski definition) is 5. The van der Waals surface area contributed by atoms with E-state index in [9.17, 15) is 26.4 Å². The van der Waals surface area contributed by atoms with Crippen molar-refractivity contribution in [3.63, 3.8) is 0 Å². The quantitative estimate of drug-likeness (QED) is 0.741. The Balaban J connectivity index is 3.01. The van der Waals surface area contributed by atoms with Gasteiger partial charge in [0.15, 0.2) is 0 Å². The van der Waals surface area contributed by atoms with Gasteiger partial charge in [-0.1, -0.05) is 12.1 Å². The van der Waals surface area contributed by atoms with Crippen molar-refractivity contribution in [2.75, 3.05) is 12.9 Å². The summed E-state index contributed by atoms with van der Waals surface area (Å²) in [4.78, 5) is 12.0. The van der Waals surface area contributed by atoms with Crippen LogP contribution in [0.1, 0.15) is 44.4 Å². The predicted molar refractivity (Wildman–Crippen MR) is 89.0 cm³/mol. The molecule has 0 aliphatic heterocycles. The Morgan fingerprint density at radius 2 is 1.85 bits per heavy atom. The van der Waals surface area contributed by atoms with Gasteiger partial charge in [-0.25, -0.2) is 4.79 Å². The van der Waals surface area contributed by atoms with E-state index >= 15 is 0 Å². The SMILES string of the molecule is CC(C)(C)OC(=O)NC(CCOS(C)(=O)=O)c1cccc(C(F)(F)F)c1. The summed E-state index contributed by atoms with van der Waals surface area (Å²) >= 11 is 0. The first kappa shape index (κ1) is 22.2. The zero-order valence-corrected chi connectivity index (χ0v) is 15.7. The van der Waals surface area contributed by atoms with Crippen LogP contribution in [0.5, 0.6) is 0 Å². The lowest BCUT2D eigenvalue weighted by molar-refractivity contribution is -0.137. The number of carbonyl (C=O) groups is 1. The molecule has 1 rings (SSSR count). The number of rotatable bonds is 6. The average molecular weight is 397 g/mol. The lowest BCUT2D eigenvalue weighted by Gasteiger charge is -2.24. The van der Waals surface area contributed by atoms with Gasteiger partial charge in [0, 0.05) is 0 Å². The molecule has 1 unspecified atom stereocenters. The molecule has 0 fully saturated rings. The number of hydrogen-bond donors (Lipinski definition) is 1. The Bertz CT molecular complexity index is 726. The maximum atomic E-state index is 12.9. The van der Waals surface area contributed by atoms with Crippen molar-refractivity contribution in [2.45, 2.75) is 45.0 Å². The maximum Gasteiger partial charge on any atom is 0.416 e. The fourth-order valence-corrected chi connectivity index (χ4v) is 2.42. The fourth-order valence-electron chi connectivity index (χ4n) is 2.02. The van der Waals surface area contributed by atoms with E-state index in [-0.39, 0.29) is 18.6 Å². The van der Waals surface area contributed by atoms with Crippen molar-refractivity contribution < 1.29 is 35.3 Å². The molecule has 0 heterocycles. The zero-order valence-electron chi connectivity index (χ0n) is 14.9. The molecule has 148 valence electrons. The highest BCUT2D eigenvalue weighted by molar-refractivity contribution is 7.85. The summed E-state index contributed by atoms with van der Waals surface area (Å²) < 4.78 is 70.6. The Hall–Kier alpha value is -1.81. The molecule has 6 nitrogen and oxygen atoms in total. The first-order valence-corrected chi connectivity index (χ1v) is 9.50. The number of nitrogens with one attached hydrogen (secondary N) is 1. The van der Waals surface area contributed by atoms with Crippen LogP contribution in [-0.2, 0) is 25.2 Å². The van der Waals surface area contributed by atoms with Gasteiger partial charge in [0.05, 0.1) is 24.5 Å². The number of amides is 1. The summed E-state index contributed by atoms with van der Waals surface area (Å²) in [5, 5.41) is 2.45. The molecular formula is C16H22F3NO5S. The fraction of sp³-hybridized carbons (Fsp3) is 0.562. The van der Waals surface area contributed by atoms with Gasteiger partial charge >= 0.3 is 12.3 Å². The second-order valence-corrected chi connectivity index (χ2v) is 8.28. The molecule has 1 N–H and O–H groups in total. The molecule has 10 heteroatoms. The number of halogens is 3. The lowest BCUT2D eigenvalue weighted by atomic mass is 10.0. The number of carbonyl (C=O) groups excluding carboxylic acids is 1. The third-order valence-electron chi connectivity index (χ3n) is 3.01. The van der Waals surface area contributed by atoms with E-state index in [4.69, 9.17) is 4.74 Å². The monoisotopic (exact) mass is 397 g/mol. The standard InChI is InChI=1S/C16H22F3NO5S/c1-15(2,3)25-14(21)20-13(8-9-24-26(4,22)23)11-6-5-7-12(10-11)16(17,18)19/h5-7,10,13H,8-9H2,1-4H3,(H,20,21). The molecule has 0 saturated heterocycles. The highest BCUT2D eigenvalue weighted by Gasteiger charge is 2.31. The van der Waals surface area contributed by atoms with Crippen LogP contribution in [0.4, 0.5) is 18.0 Å². The Labute approximate surface area is 150 Å². The van der Waals surface area contributed by atoms with Crippen molar-refractivity contribution in [3.8, 4) is 0 Å². The van der Waals surface area contributed by atoms with E-state index in [0.717, 1.165) is 18.4 Å². The summed E-state index contributed by atoms with van der Waals surface area (Å²) in [5.74, 6) is 0. The molecule has 0 spiro atoms. The van der Waals surface area contributed by atoms with Gasteiger partial charge in [0.25, 0.3) is 10.1 Å². The van der Waals surface area contributed by atoms with E-state index in [1.165, 1.54) is 12.1 Å². The van der Waals surface area contributed by atoms with Crippen molar-refractivity contribution in [2.24, 2.45) is 0 Å². The van der Waals surface area contributed by atoms with Crippen LogP contribution in [0.2, 0.25) is 0 Å². The smallest absolute Gasteiger partial charge is 0.416 e. The van der Waals surface area contributed by atoms with Crippen LogP contribution in [-0.4, -0.2) is 33.0 Å². The minimum Gasteiger partial charge on any atom is -0.444 e. The third kappa shape index (κ3) is 8.52. The number of alkyl carbamates (subject to hydrolysis) is 1. The molecule has 0 aliphatic carbocycles. The van der Waals surface area contributed by atoms with Crippen LogP contribution in [0.25, 0.3) is 0 Å². The molecule has 0 radical (unpaired) electrons. The van der Waals surface area contributed by atoms with Gasteiger partial charge < -0.3 is 10.1 Å². The van der Waals surface area contributed by atoms with E-state index in [1.807, 2.05) is 0 Å². The Morgan fingerprint density at radius 3 is 2.35 bits per heavy atom. The Morgan fingerprint density at radius 1 is 1.23 bits per heavy atom. The molecule has 0 bridgehead atoms. The van der Waals surface area contributed by atoms with Gasteiger partial charge in [0.1, 0.15) is 5.60 Å². The molecule has 0 saturated carbocycles. The maximum absolute atomic E-state index is 12.9. The molecular weight excluding hydrogens is 375 g/mol. The molecule has 1 aromatic carbocycles. The highest BCUT2D eigenvalue weighted by Crippen LogP contribution is 2.31. The first-order valence-electron chi connectivity index (χ1n) is 7.68. The minimum absolute atomic E-state index is 0.0619. The van der Waals surface area contributed by atoms with E-state index < -0.39 is 39.6 Å². The van der Waals surface area contributed by atoms with Crippen molar-refractivity contribution in [3.05, 3.63) is 35.4 Å². The molecule has 1 atom stereocenters. The van der Waals surface area contributed by atoms with E-state index in [0.29, 0.717) is 0 Å². The highest BCUT2D eigenvalue weighted by atomic mass is 32.2. The van der Waals surface area contributed by atoms with Gasteiger partial charge in [0.2, 0.25) is 0 Å². The summed E-state index contributed by atoms with van der Waals surface area (Å²) in [7, 11) is -3.71. The lowest BCUT2D eigenvalue weighted by Crippen LogP contribution is -2.35. The normalized spacial score (nSPS) is 14.0. The molecule has 0 aliphatic rings. The number of ether oxygens (including phenoxy) is 1. The second-order valence-electron chi connectivity index (χ2n) is 6.64. The van der Waals surface area contributed by atoms with Crippen molar-refractivity contribution in [1.82, 2.24) is 5.32 Å². The van der Waals surface area contributed by atoms with Crippen LogP contribution in [0, 0.1) is 0 Å².